The molecule has 0 spiro atoms. The Morgan fingerprint density at radius 1 is 1.12 bits per heavy atom. The lowest BCUT2D eigenvalue weighted by molar-refractivity contribution is -0.136. The van der Waals surface area contributed by atoms with Gasteiger partial charge in [0.05, 0.1) is 17.4 Å². The summed E-state index contributed by atoms with van der Waals surface area (Å²) in [6, 6.07) is 3.79. The smallest absolute Gasteiger partial charge is 0.350 e. The van der Waals surface area contributed by atoms with Crippen molar-refractivity contribution in [1.29, 1.82) is 0 Å². The Morgan fingerprint density at radius 2 is 1.88 bits per heavy atom. The van der Waals surface area contributed by atoms with Gasteiger partial charge < -0.3 is 10.6 Å². The van der Waals surface area contributed by atoms with Crippen LogP contribution < -0.4 is 10.6 Å². The number of benzene rings is 1. The van der Waals surface area contributed by atoms with Crippen molar-refractivity contribution in [3.05, 3.63) is 35.0 Å². The third-order valence-electron chi connectivity index (χ3n) is 4.05. The van der Waals surface area contributed by atoms with Crippen LogP contribution in [0.3, 0.4) is 0 Å². The van der Waals surface area contributed by atoms with Gasteiger partial charge in [0.15, 0.2) is 5.82 Å². The van der Waals surface area contributed by atoms with Crippen LogP contribution in [0, 0.1) is 0 Å². The van der Waals surface area contributed by atoms with Gasteiger partial charge in [-0.05, 0) is 31.0 Å². The molecule has 0 unspecified atom stereocenters. The number of nitrogens with zero attached hydrogens (tertiary/aromatic N) is 3. The average Bonchev–Trinajstić information content (AvgIpc) is 2.57. The maximum absolute atomic E-state index is 13.2. The summed E-state index contributed by atoms with van der Waals surface area (Å²) in [5.74, 6) is 0.487. The van der Waals surface area contributed by atoms with E-state index in [-0.39, 0.29) is 22.6 Å². The second kappa shape index (κ2) is 7.43. The molecule has 1 aromatic carbocycles. The predicted molar refractivity (Wildman–Crippen MR) is 90.1 cm³/mol. The molecule has 0 aliphatic heterocycles. The molecule has 1 aromatic heterocycles. The van der Waals surface area contributed by atoms with E-state index >= 15 is 0 Å². The van der Waals surface area contributed by atoms with Gasteiger partial charge in [-0.3, -0.25) is 0 Å². The van der Waals surface area contributed by atoms with E-state index in [9.17, 15) is 13.2 Å². The van der Waals surface area contributed by atoms with Gasteiger partial charge in [0, 0.05) is 11.1 Å². The lowest BCUT2D eigenvalue weighted by Crippen LogP contribution is -2.23. The maximum atomic E-state index is 13.2. The molecule has 0 amide bonds. The summed E-state index contributed by atoms with van der Waals surface area (Å²) in [6.07, 6.45) is 2.30. The summed E-state index contributed by atoms with van der Waals surface area (Å²) < 4.78 is 39.5. The Morgan fingerprint density at radius 3 is 2.60 bits per heavy atom. The van der Waals surface area contributed by atoms with E-state index in [1.807, 2.05) is 0 Å². The minimum Gasteiger partial charge on any atom is -0.350 e. The fourth-order valence-corrected chi connectivity index (χ4v) is 3.02. The summed E-state index contributed by atoms with van der Waals surface area (Å²) in [7, 11) is 0. The number of halogens is 4. The van der Waals surface area contributed by atoms with Crippen molar-refractivity contribution in [3.8, 4) is 0 Å². The normalized spacial score (nSPS) is 15.8. The van der Waals surface area contributed by atoms with E-state index < -0.39 is 11.7 Å². The topological polar surface area (TPSA) is 62.7 Å². The number of alkyl halides is 3. The van der Waals surface area contributed by atoms with Crippen LogP contribution in [0.2, 0.25) is 5.02 Å². The van der Waals surface area contributed by atoms with Crippen molar-refractivity contribution in [3.63, 3.8) is 0 Å². The van der Waals surface area contributed by atoms with Gasteiger partial charge in [-0.15, -0.1) is 5.10 Å². The first-order valence-electron chi connectivity index (χ1n) is 8.02. The molecule has 134 valence electrons. The van der Waals surface area contributed by atoms with Crippen molar-refractivity contribution in [2.24, 2.45) is 0 Å². The van der Waals surface area contributed by atoms with E-state index in [0.717, 1.165) is 31.7 Å². The van der Waals surface area contributed by atoms with Crippen molar-refractivity contribution >= 4 is 29.1 Å². The number of nitrogens with one attached hydrogen (secondary N) is 2. The second-order valence-electron chi connectivity index (χ2n) is 5.96. The number of hydrogen-bond donors (Lipinski definition) is 2. The highest BCUT2D eigenvalue weighted by atomic mass is 35.5. The summed E-state index contributed by atoms with van der Waals surface area (Å²) in [4.78, 5) is 4.21. The molecule has 0 atom stereocenters. The first kappa shape index (κ1) is 17.7. The highest BCUT2D eigenvalue weighted by molar-refractivity contribution is 6.30. The molecule has 3 rings (SSSR count). The molecule has 0 radical (unpaired) electrons. The van der Waals surface area contributed by atoms with Crippen LogP contribution in [0.15, 0.2) is 24.4 Å². The molecule has 1 saturated carbocycles. The average molecular weight is 372 g/mol. The molecular weight excluding hydrogens is 355 g/mol. The number of anilines is 3. The maximum Gasteiger partial charge on any atom is 0.418 e. The van der Waals surface area contributed by atoms with E-state index in [4.69, 9.17) is 11.6 Å². The summed E-state index contributed by atoms with van der Waals surface area (Å²) in [5.41, 5.74) is -0.999. The first-order valence-corrected chi connectivity index (χ1v) is 8.39. The molecule has 0 saturated heterocycles. The van der Waals surface area contributed by atoms with Crippen LogP contribution in [-0.4, -0.2) is 21.2 Å². The summed E-state index contributed by atoms with van der Waals surface area (Å²) in [5, 5.41) is 13.6. The monoisotopic (exact) mass is 371 g/mol. The molecule has 25 heavy (non-hydrogen) atoms. The van der Waals surface area contributed by atoms with Crippen LogP contribution in [0.5, 0.6) is 0 Å². The zero-order valence-electron chi connectivity index (χ0n) is 13.3. The third-order valence-corrected chi connectivity index (χ3v) is 4.28. The Hall–Kier alpha value is -2.09. The van der Waals surface area contributed by atoms with Crippen LogP contribution in [-0.2, 0) is 6.18 Å². The predicted octanol–water partition coefficient (Wildman–Crippen LogP) is 5.03. The fourth-order valence-electron chi connectivity index (χ4n) is 2.85. The van der Waals surface area contributed by atoms with Crippen LogP contribution in [0.4, 0.5) is 30.6 Å². The van der Waals surface area contributed by atoms with E-state index in [1.54, 1.807) is 0 Å². The van der Waals surface area contributed by atoms with Crippen molar-refractivity contribution in [2.75, 3.05) is 10.6 Å². The van der Waals surface area contributed by atoms with Crippen molar-refractivity contribution < 1.29 is 13.2 Å². The van der Waals surface area contributed by atoms with Gasteiger partial charge in [-0.1, -0.05) is 30.9 Å². The zero-order valence-corrected chi connectivity index (χ0v) is 14.0. The molecule has 1 fully saturated rings. The zero-order chi connectivity index (χ0) is 17.9. The summed E-state index contributed by atoms with van der Waals surface area (Å²) >= 11 is 5.68. The van der Waals surface area contributed by atoms with Gasteiger partial charge in [0.1, 0.15) is 0 Å². The second-order valence-corrected chi connectivity index (χ2v) is 6.39. The highest BCUT2D eigenvalue weighted by Crippen LogP contribution is 2.37. The molecule has 1 aliphatic carbocycles. The first-order chi connectivity index (χ1) is 11.9. The van der Waals surface area contributed by atoms with Crippen molar-refractivity contribution in [1.82, 2.24) is 15.2 Å². The molecule has 9 heteroatoms. The number of hydrogen-bond acceptors (Lipinski definition) is 5. The Bertz CT molecular complexity index is 732. The van der Waals surface area contributed by atoms with Gasteiger partial charge in [0.25, 0.3) is 0 Å². The van der Waals surface area contributed by atoms with Crippen LogP contribution in [0.25, 0.3) is 0 Å². The highest BCUT2D eigenvalue weighted by Gasteiger charge is 2.34. The summed E-state index contributed by atoms with van der Waals surface area (Å²) in [6.45, 7) is 0. The lowest BCUT2D eigenvalue weighted by Gasteiger charge is -2.22. The molecule has 2 aromatic rings. The van der Waals surface area contributed by atoms with Crippen molar-refractivity contribution in [2.45, 2.75) is 44.3 Å². The number of rotatable bonds is 4. The van der Waals surface area contributed by atoms with Crippen LogP contribution in [0.1, 0.15) is 37.7 Å². The van der Waals surface area contributed by atoms with E-state index in [2.05, 4.69) is 25.8 Å². The minimum atomic E-state index is -4.53. The molecule has 0 bridgehead atoms. The fraction of sp³-hybridized carbons (Fsp3) is 0.438. The Balaban J connectivity index is 1.78. The molecule has 1 heterocycles. The molecule has 5 nitrogen and oxygen atoms in total. The lowest BCUT2D eigenvalue weighted by atomic mass is 9.96. The van der Waals surface area contributed by atoms with E-state index in [1.165, 1.54) is 24.8 Å². The van der Waals surface area contributed by atoms with Gasteiger partial charge in [0.2, 0.25) is 5.95 Å². The molecule has 1 aliphatic rings. The quantitative estimate of drug-likeness (QED) is 0.789. The van der Waals surface area contributed by atoms with Crippen LogP contribution >= 0.6 is 11.6 Å². The molecule has 2 N–H and O–H groups in total. The van der Waals surface area contributed by atoms with Gasteiger partial charge in [-0.2, -0.15) is 23.3 Å². The van der Waals surface area contributed by atoms with Gasteiger partial charge in [-0.25, -0.2) is 0 Å². The Labute approximate surface area is 148 Å². The third kappa shape index (κ3) is 4.72. The Kier molecular flexibility index (Phi) is 5.27. The number of aromatic nitrogens is 3. The van der Waals surface area contributed by atoms with Gasteiger partial charge >= 0.3 is 6.18 Å². The molecular formula is C16H17ClF3N5. The van der Waals surface area contributed by atoms with E-state index in [0.29, 0.717) is 5.95 Å². The largest absolute Gasteiger partial charge is 0.418 e. The standard InChI is InChI=1S/C16H17ClF3N5/c17-10-6-7-13(12(8-10)16(18,19)20)23-14-9-21-25-15(24-14)22-11-4-2-1-3-5-11/h6-9,11H,1-5H2,(H2,22,23,24,25). The minimum absolute atomic E-state index is 0.0124. The SMILES string of the molecule is FC(F)(F)c1cc(Cl)ccc1Nc1cnnc(NC2CCCCC2)n1.